The third kappa shape index (κ3) is 5.08. The molecule has 1 aromatic heterocycles. The molecule has 0 atom stereocenters. The van der Waals surface area contributed by atoms with E-state index in [0.29, 0.717) is 17.9 Å². The molecule has 10 heteroatoms. The van der Waals surface area contributed by atoms with E-state index in [9.17, 15) is 13.5 Å². The van der Waals surface area contributed by atoms with Crippen molar-refractivity contribution in [1.29, 1.82) is 0 Å². The molecule has 0 aliphatic rings. The molecule has 5 aromatic rings. The van der Waals surface area contributed by atoms with Crippen LogP contribution >= 0.6 is 12.2 Å². The lowest BCUT2D eigenvalue weighted by atomic mass is 10.0. The summed E-state index contributed by atoms with van der Waals surface area (Å²) in [5.74, 6) is -0.0312. The van der Waals surface area contributed by atoms with Crippen LogP contribution in [-0.2, 0) is 16.6 Å². The number of rotatable bonds is 5. The van der Waals surface area contributed by atoms with Crippen LogP contribution in [0.15, 0.2) is 100 Å². The van der Waals surface area contributed by atoms with Gasteiger partial charge in [-0.05, 0) is 65.8 Å². The van der Waals surface area contributed by atoms with Gasteiger partial charge in [-0.25, -0.2) is 13.6 Å². The first kappa shape index (κ1) is 24.6. The molecule has 0 fully saturated rings. The number of nitrogens with zero attached hydrogens (tertiary/aromatic N) is 3. The molecule has 0 amide bonds. The summed E-state index contributed by atoms with van der Waals surface area (Å²) in [6, 6.07) is 26.0. The minimum Gasteiger partial charge on any atom is -0.493 e. The number of nitrogens with one attached hydrogen (secondary N) is 1. The molecule has 0 aliphatic carbocycles. The Morgan fingerprint density at radius 2 is 1.76 bits per heavy atom. The highest BCUT2D eigenvalue weighted by atomic mass is 32.2. The zero-order valence-electron chi connectivity index (χ0n) is 19.8. The number of aromatic nitrogens is 1. The molecule has 8 nitrogen and oxygen atoms in total. The Bertz CT molecular complexity index is 1810. The van der Waals surface area contributed by atoms with Crippen molar-refractivity contribution in [2.75, 3.05) is 5.32 Å². The van der Waals surface area contributed by atoms with Gasteiger partial charge in [0.1, 0.15) is 0 Å². The van der Waals surface area contributed by atoms with E-state index >= 15 is 0 Å². The van der Waals surface area contributed by atoms with Gasteiger partial charge in [-0.1, -0.05) is 60.2 Å². The maximum absolute atomic E-state index is 11.6. The monoisotopic (exact) mass is 529 g/mol. The van der Waals surface area contributed by atoms with Crippen molar-refractivity contribution < 1.29 is 13.5 Å². The third-order valence-electron chi connectivity index (χ3n) is 6.03. The quantitative estimate of drug-likeness (QED) is 0.191. The average Bonchev–Trinajstić information content (AvgIpc) is 3.12. The Kier molecular flexibility index (Phi) is 6.46. The van der Waals surface area contributed by atoms with Crippen LogP contribution < -0.4 is 10.5 Å². The largest absolute Gasteiger partial charge is 0.493 e. The molecule has 0 radical (unpaired) electrons. The van der Waals surface area contributed by atoms with Crippen molar-refractivity contribution in [2.45, 2.75) is 18.4 Å². The molecule has 0 aliphatic heterocycles. The van der Waals surface area contributed by atoms with E-state index in [1.807, 2.05) is 49.4 Å². The lowest BCUT2D eigenvalue weighted by Crippen LogP contribution is -2.13. The van der Waals surface area contributed by atoms with E-state index < -0.39 is 10.0 Å². The van der Waals surface area contributed by atoms with E-state index in [2.05, 4.69) is 33.7 Å². The summed E-state index contributed by atoms with van der Waals surface area (Å²) in [5.41, 5.74) is 3.56. The summed E-state index contributed by atoms with van der Waals surface area (Å²) in [5, 5.41) is 30.6. The molecule has 4 aromatic carbocycles. The van der Waals surface area contributed by atoms with Gasteiger partial charge in [0, 0.05) is 11.1 Å². The average molecular weight is 530 g/mol. The molecule has 37 heavy (non-hydrogen) atoms. The SMILES string of the molecule is Cc1ccc2c(c1)c(N=NC(=S)Nc1cccc(S(N)(=O)=O)c1)c(O)n2Cc1cccc2ccccc12. The Morgan fingerprint density at radius 1 is 1.00 bits per heavy atom. The number of hydrogen-bond donors (Lipinski definition) is 3. The Labute approximate surface area is 219 Å². The zero-order valence-corrected chi connectivity index (χ0v) is 21.4. The summed E-state index contributed by atoms with van der Waals surface area (Å²) in [6.07, 6.45) is 0. The number of sulfonamides is 1. The molecular weight excluding hydrogens is 506 g/mol. The van der Waals surface area contributed by atoms with Crippen molar-refractivity contribution in [3.8, 4) is 5.88 Å². The van der Waals surface area contributed by atoms with Gasteiger partial charge in [-0.3, -0.25) is 0 Å². The van der Waals surface area contributed by atoms with Gasteiger partial charge >= 0.3 is 0 Å². The first-order valence-electron chi connectivity index (χ1n) is 11.3. The number of benzene rings is 4. The summed E-state index contributed by atoms with van der Waals surface area (Å²) in [7, 11) is -3.86. The van der Waals surface area contributed by atoms with E-state index in [1.54, 1.807) is 10.6 Å². The Balaban J connectivity index is 1.49. The highest BCUT2D eigenvalue weighted by Crippen LogP contribution is 2.40. The van der Waals surface area contributed by atoms with Gasteiger partial charge < -0.3 is 15.0 Å². The first-order chi connectivity index (χ1) is 17.7. The lowest BCUT2D eigenvalue weighted by molar-refractivity contribution is 0.430. The predicted molar refractivity (Wildman–Crippen MR) is 150 cm³/mol. The number of aryl methyl sites for hydroxylation is 1. The maximum atomic E-state index is 11.6. The molecule has 186 valence electrons. The molecule has 1 heterocycles. The van der Waals surface area contributed by atoms with Crippen LogP contribution in [0, 0.1) is 6.92 Å². The first-order valence-corrected chi connectivity index (χ1v) is 13.3. The second-order valence-electron chi connectivity index (χ2n) is 8.62. The molecule has 4 N–H and O–H groups in total. The molecular formula is C27H23N5O3S2. The van der Waals surface area contributed by atoms with Crippen LogP contribution in [0.4, 0.5) is 11.4 Å². The van der Waals surface area contributed by atoms with E-state index in [0.717, 1.165) is 32.8 Å². The Hall–Kier alpha value is -4.12. The number of hydrogen-bond acceptors (Lipinski definition) is 5. The van der Waals surface area contributed by atoms with Gasteiger partial charge in [-0.15, -0.1) is 10.2 Å². The molecule has 0 saturated carbocycles. The minimum atomic E-state index is -3.86. The topological polar surface area (TPSA) is 122 Å². The van der Waals surface area contributed by atoms with Crippen LogP contribution in [0.2, 0.25) is 0 Å². The van der Waals surface area contributed by atoms with Gasteiger partial charge in [-0.2, -0.15) is 0 Å². The second kappa shape index (κ2) is 9.74. The van der Waals surface area contributed by atoms with Gasteiger partial charge in [0.15, 0.2) is 5.69 Å². The third-order valence-corrected chi connectivity index (χ3v) is 7.12. The summed E-state index contributed by atoms with van der Waals surface area (Å²) < 4.78 is 25.0. The number of nitrogens with two attached hydrogens (primary N) is 1. The van der Waals surface area contributed by atoms with Crippen molar-refractivity contribution in [3.63, 3.8) is 0 Å². The number of anilines is 1. The fraction of sp³-hybridized carbons (Fsp3) is 0.0741. The van der Waals surface area contributed by atoms with Crippen LogP contribution in [0.3, 0.4) is 0 Å². The number of fused-ring (bicyclic) bond motifs is 2. The standard InChI is InChI=1S/C27H23N5O3S2/c1-17-12-13-24-23(14-17)25(30-31-27(36)29-20-9-5-10-21(15-20)37(28,34)35)26(33)32(24)16-19-8-4-7-18-6-2-3-11-22(18)19/h2-15,33H,16H2,1H3,(H,29,36)(H2,28,34,35). The lowest BCUT2D eigenvalue weighted by Gasteiger charge is -2.10. The fourth-order valence-corrected chi connectivity index (χ4v) is 5.01. The highest BCUT2D eigenvalue weighted by Gasteiger charge is 2.18. The molecule has 0 saturated heterocycles. The van der Waals surface area contributed by atoms with Crippen molar-refractivity contribution in [3.05, 3.63) is 96.1 Å². The maximum Gasteiger partial charge on any atom is 0.238 e. The Morgan fingerprint density at radius 3 is 2.57 bits per heavy atom. The summed E-state index contributed by atoms with van der Waals surface area (Å²) in [4.78, 5) is -0.0538. The highest BCUT2D eigenvalue weighted by molar-refractivity contribution is 7.89. The van der Waals surface area contributed by atoms with Crippen LogP contribution in [0.1, 0.15) is 11.1 Å². The van der Waals surface area contributed by atoms with Gasteiger partial charge in [0.2, 0.25) is 21.0 Å². The molecule has 0 bridgehead atoms. The van der Waals surface area contributed by atoms with Crippen LogP contribution in [0.25, 0.3) is 21.7 Å². The van der Waals surface area contributed by atoms with E-state index in [-0.39, 0.29) is 15.9 Å². The van der Waals surface area contributed by atoms with Gasteiger partial charge in [0.25, 0.3) is 0 Å². The van der Waals surface area contributed by atoms with Crippen molar-refractivity contribution >= 4 is 60.4 Å². The minimum absolute atomic E-state index is 0.00595. The molecule has 0 unspecified atom stereocenters. The van der Waals surface area contributed by atoms with Crippen LogP contribution in [-0.4, -0.2) is 23.2 Å². The number of primary sulfonamides is 1. The molecule has 0 spiro atoms. The summed E-state index contributed by atoms with van der Waals surface area (Å²) >= 11 is 5.29. The normalized spacial score (nSPS) is 11.9. The second-order valence-corrected chi connectivity index (χ2v) is 10.6. The summed E-state index contributed by atoms with van der Waals surface area (Å²) in [6.45, 7) is 2.40. The van der Waals surface area contributed by atoms with Crippen LogP contribution in [0.5, 0.6) is 5.88 Å². The smallest absolute Gasteiger partial charge is 0.238 e. The van der Waals surface area contributed by atoms with Crippen molar-refractivity contribution in [2.24, 2.45) is 15.4 Å². The van der Waals surface area contributed by atoms with Crippen molar-refractivity contribution in [1.82, 2.24) is 4.57 Å². The fourth-order valence-electron chi connectivity index (χ4n) is 4.29. The number of azo groups is 1. The predicted octanol–water partition coefficient (Wildman–Crippen LogP) is 5.98. The number of thiocarbonyl (C=S) groups is 1. The molecule has 5 rings (SSSR count). The van der Waals surface area contributed by atoms with E-state index in [4.69, 9.17) is 17.4 Å². The van der Waals surface area contributed by atoms with Gasteiger partial charge in [0.05, 0.1) is 17.0 Å². The van der Waals surface area contributed by atoms with E-state index in [1.165, 1.54) is 18.2 Å². The number of aromatic hydroxyl groups is 1. The zero-order chi connectivity index (χ0) is 26.2.